The van der Waals surface area contributed by atoms with E-state index in [2.05, 4.69) is 0 Å². The lowest BCUT2D eigenvalue weighted by Crippen LogP contribution is -2.63. The summed E-state index contributed by atoms with van der Waals surface area (Å²) in [4.78, 5) is 87.9. The maximum Gasteiger partial charge on any atom is 0.334 e. The number of carbonyl (C=O) groups is 5. The molecule has 1 fully saturated rings. The summed E-state index contributed by atoms with van der Waals surface area (Å²) in [5, 5.41) is 0.0480. The molecule has 236 valence electrons. The number of benzene rings is 1. The van der Waals surface area contributed by atoms with Gasteiger partial charge in [-0.1, -0.05) is 12.1 Å². The number of ether oxygens (including phenoxy) is 7. The highest BCUT2D eigenvalue weighted by Gasteiger charge is 2.53. The molecule has 0 amide bonds. The van der Waals surface area contributed by atoms with E-state index in [0.717, 1.165) is 44.2 Å². The van der Waals surface area contributed by atoms with Crippen molar-refractivity contribution in [1.29, 1.82) is 0 Å². The quantitative estimate of drug-likeness (QED) is 0.219. The van der Waals surface area contributed by atoms with Crippen molar-refractivity contribution >= 4 is 40.6 Å². The number of carbonyl (C=O) groups excluding carboxylic acids is 5. The van der Waals surface area contributed by atoms with E-state index in [1.54, 1.807) is 12.1 Å². The molecule has 16 heteroatoms. The topological polar surface area (TPSA) is 194 Å². The number of hydrogen-bond acceptors (Lipinski definition) is 14. The molecule has 0 radical (unpaired) electrons. The van der Waals surface area contributed by atoms with E-state index in [9.17, 15) is 33.6 Å². The minimum atomic E-state index is -1.68. The first-order chi connectivity index (χ1) is 20.8. The van der Waals surface area contributed by atoms with E-state index in [1.807, 2.05) is 0 Å². The van der Waals surface area contributed by atoms with E-state index in [1.165, 1.54) is 24.3 Å². The molecule has 0 spiro atoms. The van der Waals surface area contributed by atoms with Crippen LogP contribution < -0.4 is 11.1 Å². The average Bonchev–Trinajstić information content (AvgIpc) is 2.96. The van der Waals surface area contributed by atoms with Crippen molar-refractivity contribution in [2.75, 3.05) is 13.7 Å². The molecule has 3 heterocycles. The summed E-state index contributed by atoms with van der Waals surface area (Å²) >= 11 is 0. The summed E-state index contributed by atoms with van der Waals surface area (Å²) in [6, 6.07) is 4.60. The first-order valence-corrected chi connectivity index (χ1v) is 13.3. The maximum atomic E-state index is 13.7. The molecular formula is C28H30N2O14. The summed E-state index contributed by atoms with van der Waals surface area (Å²) in [6.45, 7) is 3.81. The lowest BCUT2D eigenvalue weighted by atomic mass is 9.98. The van der Waals surface area contributed by atoms with Gasteiger partial charge in [0, 0.05) is 27.7 Å². The predicted molar refractivity (Wildman–Crippen MR) is 145 cm³/mol. The Bertz CT molecular complexity index is 1620. The second-order valence-corrected chi connectivity index (χ2v) is 9.79. The summed E-state index contributed by atoms with van der Waals surface area (Å²) < 4.78 is 39.9. The van der Waals surface area contributed by atoms with Crippen LogP contribution in [-0.4, -0.2) is 83.6 Å². The van der Waals surface area contributed by atoms with Crippen molar-refractivity contribution in [3.63, 3.8) is 0 Å². The Kier molecular flexibility index (Phi) is 9.64. The second-order valence-electron chi connectivity index (χ2n) is 9.79. The van der Waals surface area contributed by atoms with Gasteiger partial charge in [-0.3, -0.25) is 28.8 Å². The first-order valence-electron chi connectivity index (χ1n) is 13.3. The third-order valence-corrected chi connectivity index (χ3v) is 6.66. The largest absolute Gasteiger partial charge is 0.467 e. The van der Waals surface area contributed by atoms with Gasteiger partial charge >= 0.3 is 29.8 Å². The van der Waals surface area contributed by atoms with E-state index in [4.69, 9.17) is 33.2 Å². The number of methoxy groups -OCH3 is 1. The normalized spacial score (nSPS) is 25.8. The third kappa shape index (κ3) is 6.55. The standard InChI is InChI=1S/C28H30N2O14/c1-13(31)39-12-20-22(40-14(2)32)23(41-15(3)33)24(42-16(4)34)28(43-20)44-21-11-10-19(27(37)38-5)29-25(35)17-8-6-7-9-18(17)26(36)30(21)29/h6-11,19-24,28H,12H2,1-5H3/t19-,20?,21-,22?,23?,24?,28?/m0/s1. The van der Waals surface area contributed by atoms with Crippen LogP contribution in [-0.2, 0) is 57.1 Å². The zero-order valence-electron chi connectivity index (χ0n) is 24.3. The predicted octanol–water partition coefficient (Wildman–Crippen LogP) is 0.0454. The van der Waals surface area contributed by atoms with Crippen LogP contribution in [0.3, 0.4) is 0 Å². The molecule has 2 aliphatic heterocycles. The second kappa shape index (κ2) is 13.2. The van der Waals surface area contributed by atoms with Gasteiger partial charge in [0.05, 0.1) is 17.9 Å². The molecule has 0 bridgehead atoms. The van der Waals surface area contributed by atoms with Crippen molar-refractivity contribution < 1.29 is 57.1 Å². The molecule has 16 nitrogen and oxygen atoms in total. The minimum absolute atomic E-state index is 0.0165. The maximum absolute atomic E-state index is 13.7. The molecule has 2 aromatic rings. The highest BCUT2D eigenvalue weighted by atomic mass is 16.7. The lowest BCUT2D eigenvalue weighted by Gasteiger charge is -2.45. The number of rotatable bonds is 8. The highest BCUT2D eigenvalue weighted by Crippen LogP contribution is 2.33. The Labute approximate surface area is 248 Å². The SMILES string of the molecule is COC(=O)[C@@H]1C=C[C@H](OC2OC(COC(C)=O)C(OC(C)=O)C(OC(C)=O)C2OC(C)=O)n2c(=O)c3ccccc3c(=O)n21. The molecule has 4 rings (SSSR count). The van der Waals surface area contributed by atoms with Crippen LogP contribution in [0.15, 0.2) is 46.0 Å². The fourth-order valence-corrected chi connectivity index (χ4v) is 5.00. The Hall–Kier alpha value is -4.83. The van der Waals surface area contributed by atoms with Gasteiger partial charge in [0.1, 0.15) is 12.7 Å². The van der Waals surface area contributed by atoms with Crippen molar-refractivity contribution in [2.24, 2.45) is 0 Å². The van der Waals surface area contributed by atoms with Gasteiger partial charge in [0.15, 0.2) is 30.6 Å². The number of fused-ring (bicyclic) bond motifs is 2. The van der Waals surface area contributed by atoms with Crippen LogP contribution in [0.2, 0.25) is 0 Å². The van der Waals surface area contributed by atoms with Crippen LogP contribution in [0.25, 0.3) is 10.8 Å². The van der Waals surface area contributed by atoms with Gasteiger partial charge in [0.2, 0.25) is 6.29 Å². The van der Waals surface area contributed by atoms with Crippen LogP contribution >= 0.6 is 0 Å². The molecule has 1 aromatic heterocycles. The van der Waals surface area contributed by atoms with Crippen molar-refractivity contribution in [1.82, 2.24) is 9.36 Å². The number of esters is 5. The average molecular weight is 619 g/mol. The molecular weight excluding hydrogens is 588 g/mol. The molecule has 2 aliphatic rings. The molecule has 0 aliphatic carbocycles. The van der Waals surface area contributed by atoms with Crippen molar-refractivity contribution in [3.05, 3.63) is 57.1 Å². The Morgan fingerprint density at radius 3 is 1.84 bits per heavy atom. The van der Waals surface area contributed by atoms with Crippen LogP contribution in [0.1, 0.15) is 40.0 Å². The Morgan fingerprint density at radius 2 is 1.30 bits per heavy atom. The van der Waals surface area contributed by atoms with E-state index < -0.39 is 90.5 Å². The van der Waals surface area contributed by atoms with E-state index >= 15 is 0 Å². The van der Waals surface area contributed by atoms with Crippen LogP contribution in [0.4, 0.5) is 0 Å². The van der Waals surface area contributed by atoms with Gasteiger partial charge in [-0.25, -0.2) is 14.2 Å². The van der Waals surface area contributed by atoms with Crippen molar-refractivity contribution in [2.45, 2.75) is 70.7 Å². The molecule has 0 N–H and O–H groups in total. The zero-order valence-corrected chi connectivity index (χ0v) is 24.3. The molecule has 0 saturated carbocycles. The van der Waals surface area contributed by atoms with Gasteiger partial charge < -0.3 is 33.2 Å². The summed E-state index contributed by atoms with van der Waals surface area (Å²) in [6.07, 6.45) is -6.49. The Balaban J connectivity index is 1.85. The summed E-state index contributed by atoms with van der Waals surface area (Å²) in [5.41, 5.74) is -1.44. The van der Waals surface area contributed by atoms with Crippen LogP contribution in [0.5, 0.6) is 0 Å². The van der Waals surface area contributed by atoms with Gasteiger partial charge in [-0.15, -0.1) is 0 Å². The van der Waals surface area contributed by atoms with Gasteiger partial charge in [-0.2, -0.15) is 0 Å². The van der Waals surface area contributed by atoms with Gasteiger partial charge in [0.25, 0.3) is 11.1 Å². The fourth-order valence-electron chi connectivity index (χ4n) is 5.00. The highest BCUT2D eigenvalue weighted by molar-refractivity contribution is 5.82. The lowest BCUT2D eigenvalue weighted by molar-refractivity contribution is -0.321. The van der Waals surface area contributed by atoms with Crippen molar-refractivity contribution in [3.8, 4) is 0 Å². The van der Waals surface area contributed by atoms with E-state index in [0.29, 0.717) is 0 Å². The number of hydrogen-bond donors (Lipinski definition) is 0. The summed E-state index contributed by atoms with van der Waals surface area (Å²) in [7, 11) is 1.12. The Morgan fingerprint density at radius 1 is 0.750 bits per heavy atom. The molecule has 7 atom stereocenters. The number of nitrogens with zero attached hydrogens (tertiary/aromatic N) is 2. The monoisotopic (exact) mass is 618 g/mol. The van der Waals surface area contributed by atoms with Gasteiger partial charge in [-0.05, 0) is 24.3 Å². The molecule has 1 aromatic carbocycles. The zero-order chi connectivity index (χ0) is 32.3. The summed E-state index contributed by atoms with van der Waals surface area (Å²) in [5.74, 6) is -4.10. The third-order valence-electron chi connectivity index (χ3n) is 6.66. The minimum Gasteiger partial charge on any atom is -0.467 e. The first kappa shape index (κ1) is 32.1. The van der Waals surface area contributed by atoms with E-state index in [-0.39, 0.29) is 10.8 Å². The molecule has 1 saturated heterocycles. The van der Waals surface area contributed by atoms with Crippen LogP contribution in [0, 0.1) is 0 Å². The smallest absolute Gasteiger partial charge is 0.334 e. The fraction of sp³-hybridized carbons (Fsp3) is 0.464. The molecule has 5 unspecified atom stereocenters. The number of aromatic nitrogens is 2. The molecule has 44 heavy (non-hydrogen) atoms.